The van der Waals surface area contributed by atoms with Gasteiger partial charge in [0.05, 0.1) is 19.7 Å². The van der Waals surface area contributed by atoms with Crippen LogP contribution >= 0.6 is 0 Å². The third-order valence-corrected chi connectivity index (χ3v) is 6.62. The number of nitrogens with zero attached hydrogens (tertiary/aromatic N) is 2. The van der Waals surface area contributed by atoms with Gasteiger partial charge in [0.1, 0.15) is 5.75 Å². The molecule has 34 heavy (non-hydrogen) atoms. The maximum atomic E-state index is 13.0. The average molecular weight is 465 g/mol. The number of methoxy groups -OCH3 is 1. The van der Waals surface area contributed by atoms with Crippen molar-refractivity contribution in [1.29, 1.82) is 0 Å². The van der Waals surface area contributed by atoms with Crippen molar-refractivity contribution in [3.05, 3.63) is 54.6 Å². The summed E-state index contributed by atoms with van der Waals surface area (Å²) >= 11 is 0. The van der Waals surface area contributed by atoms with Crippen LogP contribution in [0.2, 0.25) is 0 Å². The van der Waals surface area contributed by atoms with Crippen LogP contribution in [0.4, 0.5) is 11.4 Å². The molecule has 0 aromatic heterocycles. The maximum Gasteiger partial charge on any atom is 0.241 e. The van der Waals surface area contributed by atoms with Crippen LogP contribution in [0, 0.1) is 5.92 Å². The minimum Gasteiger partial charge on any atom is -0.497 e. The van der Waals surface area contributed by atoms with Gasteiger partial charge in [-0.3, -0.25) is 19.3 Å². The number of rotatable bonds is 7. The smallest absolute Gasteiger partial charge is 0.241 e. The second kappa shape index (κ2) is 11.2. The number of benzene rings is 2. The van der Waals surface area contributed by atoms with Crippen LogP contribution in [-0.2, 0) is 14.4 Å². The second-order valence-electron chi connectivity index (χ2n) is 8.86. The lowest BCUT2D eigenvalue weighted by Gasteiger charge is -2.33. The van der Waals surface area contributed by atoms with E-state index in [1.165, 1.54) is 0 Å². The molecule has 0 radical (unpaired) electrons. The quantitative estimate of drug-likeness (QED) is 0.658. The minimum absolute atomic E-state index is 0.00751. The molecule has 1 unspecified atom stereocenters. The van der Waals surface area contributed by atoms with Gasteiger partial charge in [-0.1, -0.05) is 18.2 Å². The molecule has 4 rings (SSSR count). The summed E-state index contributed by atoms with van der Waals surface area (Å²) in [5.74, 6) is 0.567. The van der Waals surface area contributed by atoms with Gasteiger partial charge >= 0.3 is 0 Å². The molecule has 180 valence electrons. The Morgan fingerprint density at radius 3 is 2.18 bits per heavy atom. The molecule has 0 saturated carbocycles. The topological polar surface area (TPSA) is 91.0 Å². The van der Waals surface area contributed by atoms with E-state index in [1.807, 2.05) is 40.1 Å². The zero-order valence-corrected chi connectivity index (χ0v) is 19.5. The highest BCUT2D eigenvalue weighted by Gasteiger charge is 2.34. The fourth-order valence-corrected chi connectivity index (χ4v) is 4.64. The Balaban J connectivity index is 1.25. The van der Waals surface area contributed by atoms with E-state index < -0.39 is 0 Å². The zero-order chi connectivity index (χ0) is 23.9. The molecule has 8 nitrogen and oxygen atoms in total. The fraction of sp³-hybridized carbons (Fsp3) is 0.423. The van der Waals surface area contributed by atoms with Crippen molar-refractivity contribution in [2.75, 3.05) is 43.9 Å². The largest absolute Gasteiger partial charge is 0.497 e. The van der Waals surface area contributed by atoms with Crippen molar-refractivity contribution < 1.29 is 19.1 Å². The van der Waals surface area contributed by atoms with Gasteiger partial charge in [0.25, 0.3) is 0 Å². The zero-order valence-electron chi connectivity index (χ0n) is 19.5. The van der Waals surface area contributed by atoms with E-state index in [4.69, 9.17) is 4.74 Å². The number of likely N-dealkylation sites (tertiary alicyclic amines) is 2. The molecule has 1 atom stereocenters. The molecule has 3 amide bonds. The predicted octanol–water partition coefficient (Wildman–Crippen LogP) is 2.98. The lowest BCUT2D eigenvalue weighted by atomic mass is 9.95. The third-order valence-electron chi connectivity index (χ3n) is 6.62. The van der Waals surface area contributed by atoms with Crippen LogP contribution in [-0.4, -0.2) is 66.9 Å². The van der Waals surface area contributed by atoms with Crippen LogP contribution in [0.5, 0.6) is 5.75 Å². The number of ether oxygens (including phenoxy) is 1. The normalized spacial score (nSPS) is 19.0. The molecule has 0 spiro atoms. The number of hydrogen-bond donors (Lipinski definition) is 2. The van der Waals surface area contributed by atoms with E-state index in [0.717, 1.165) is 30.8 Å². The van der Waals surface area contributed by atoms with E-state index >= 15 is 0 Å². The third kappa shape index (κ3) is 5.94. The summed E-state index contributed by atoms with van der Waals surface area (Å²) in [4.78, 5) is 42.2. The van der Waals surface area contributed by atoms with Gasteiger partial charge < -0.3 is 20.3 Å². The van der Waals surface area contributed by atoms with E-state index in [9.17, 15) is 14.4 Å². The van der Waals surface area contributed by atoms with Crippen molar-refractivity contribution >= 4 is 29.1 Å². The number of anilines is 2. The maximum absolute atomic E-state index is 13.0. The predicted molar refractivity (Wildman–Crippen MR) is 131 cm³/mol. The summed E-state index contributed by atoms with van der Waals surface area (Å²) in [6.07, 6.45) is 2.91. The van der Waals surface area contributed by atoms with Crippen molar-refractivity contribution in [3.8, 4) is 5.75 Å². The number of amides is 3. The summed E-state index contributed by atoms with van der Waals surface area (Å²) < 4.78 is 5.15. The summed E-state index contributed by atoms with van der Waals surface area (Å²) in [5, 5.41) is 5.91. The molecule has 8 heteroatoms. The molecule has 2 saturated heterocycles. The van der Waals surface area contributed by atoms with Gasteiger partial charge in [0, 0.05) is 30.4 Å². The van der Waals surface area contributed by atoms with Gasteiger partial charge in [-0.2, -0.15) is 0 Å². The highest BCUT2D eigenvalue weighted by atomic mass is 16.5. The molecular weight excluding hydrogens is 432 g/mol. The Kier molecular flexibility index (Phi) is 7.80. The summed E-state index contributed by atoms with van der Waals surface area (Å²) in [5.41, 5.74) is 1.50. The molecule has 2 aromatic carbocycles. The number of para-hydroxylation sites is 1. The Morgan fingerprint density at radius 2 is 1.50 bits per heavy atom. The first-order valence-corrected chi connectivity index (χ1v) is 11.9. The fourth-order valence-electron chi connectivity index (χ4n) is 4.64. The van der Waals surface area contributed by atoms with Crippen molar-refractivity contribution in [1.82, 2.24) is 9.80 Å². The first kappa shape index (κ1) is 23.8. The SMILES string of the molecule is COc1ccc(NC(=O)C2CCCN2CC(=O)N2CCC(C(=O)Nc3ccccc3)CC2)cc1. The van der Waals surface area contributed by atoms with Crippen LogP contribution in [0.1, 0.15) is 25.7 Å². The highest BCUT2D eigenvalue weighted by molar-refractivity contribution is 5.95. The van der Waals surface area contributed by atoms with Gasteiger partial charge in [0.15, 0.2) is 0 Å². The summed E-state index contributed by atoms with van der Waals surface area (Å²) in [6.45, 7) is 2.06. The Labute approximate surface area is 200 Å². The first-order valence-electron chi connectivity index (χ1n) is 11.9. The molecule has 2 aromatic rings. The van der Waals surface area contributed by atoms with Crippen molar-refractivity contribution in [2.24, 2.45) is 5.92 Å². The van der Waals surface area contributed by atoms with E-state index in [0.29, 0.717) is 31.6 Å². The number of carbonyl (C=O) groups is 3. The molecule has 2 aliphatic heterocycles. The van der Waals surface area contributed by atoms with Gasteiger partial charge in [0.2, 0.25) is 17.7 Å². The van der Waals surface area contributed by atoms with Crippen LogP contribution in [0.15, 0.2) is 54.6 Å². The Bertz CT molecular complexity index is 988. The van der Waals surface area contributed by atoms with E-state index in [2.05, 4.69) is 10.6 Å². The van der Waals surface area contributed by atoms with Gasteiger partial charge in [-0.15, -0.1) is 0 Å². The number of piperidine rings is 1. The molecule has 0 aliphatic carbocycles. The molecule has 2 aliphatic rings. The van der Waals surface area contributed by atoms with Gasteiger partial charge in [-0.25, -0.2) is 0 Å². The molecule has 2 N–H and O–H groups in total. The van der Waals surface area contributed by atoms with Gasteiger partial charge in [-0.05, 0) is 68.6 Å². The minimum atomic E-state index is -0.319. The number of carbonyl (C=O) groups excluding carboxylic acids is 3. The van der Waals surface area contributed by atoms with Crippen LogP contribution in [0.3, 0.4) is 0 Å². The summed E-state index contributed by atoms with van der Waals surface area (Å²) in [6, 6.07) is 16.3. The number of hydrogen-bond acceptors (Lipinski definition) is 5. The molecule has 2 fully saturated rings. The summed E-state index contributed by atoms with van der Waals surface area (Å²) in [7, 11) is 1.60. The van der Waals surface area contributed by atoms with Crippen LogP contribution in [0.25, 0.3) is 0 Å². The molecular formula is C26H32N4O4. The number of nitrogens with one attached hydrogen (secondary N) is 2. The molecule has 2 heterocycles. The standard InChI is InChI=1S/C26H32N4O4/c1-34-22-11-9-21(10-12-22)28-26(33)23-8-5-15-30(23)18-24(31)29-16-13-19(14-17-29)25(32)27-20-6-3-2-4-7-20/h2-4,6-7,9-12,19,23H,5,8,13-18H2,1H3,(H,27,32)(H,28,33). The lowest BCUT2D eigenvalue weighted by Crippen LogP contribution is -2.48. The van der Waals surface area contributed by atoms with Crippen molar-refractivity contribution in [3.63, 3.8) is 0 Å². The second-order valence-corrected chi connectivity index (χ2v) is 8.86. The monoisotopic (exact) mass is 464 g/mol. The Morgan fingerprint density at radius 1 is 0.853 bits per heavy atom. The van der Waals surface area contributed by atoms with E-state index in [1.54, 1.807) is 31.4 Å². The van der Waals surface area contributed by atoms with Crippen LogP contribution < -0.4 is 15.4 Å². The van der Waals surface area contributed by atoms with Crippen molar-refractivity contribution in [2.45, 2.75) is 31.7 Å². The Hall–Kier alpha value is -3.39. The van der Waals surface area contributed by atoms with E-state index in [-0.39, 0.29) is 36.2 Å². The highest BCUT2D eigenvalue weighted by Crippen LogP contribution is 2.23. The lowest BCUT2D eigenvalue weighted by molar-refractivity contribution is -0.136. The molecule has 0 bridgehead atoms. The average Bonchev–Trinajstić information content (AvgIpc) is 3.33. The first-order chi connectivity index (χ1) is 16.5.